The highest BCUT2D eigenvalue weighted by molar-refractivity contribution is 5.52. The van der Waals surface area contributed by atoms with Crippen LogP contribution in [0.1, 0.15) is 89.0 Å². The topological polar surface area (TPSA) is 121 Å². The molecule has 0 radical (unpaired) electrons. The van der Waals surface area contributed by atoms with E-state index >= 15 is 0 Å². The Morgan fingerprint density at radius 3 is 0.833 bits per heavy atom. The van der Waals surface area contributed by atoms with Crippen molar-refractivity contribution in [1.82, 2.24) is 0 Å². The molecule has 0 atom stereocenters. The van der Waals surface area contributed by atoms with Crippen LogP contribution in [0.25, 0.3) is 0 Å². The Labute approximate surface area is 319 Å². The van der Waals surface area contributed by atoms with Gasteiger partial charge in [0, 0.05) is 25.7 Å². The predicted octanol–water partition coefficient (Wildman–Crippen LogP) is 10.4. The summed E-state index contributed by atoms with van der Waals surface area (Å²) >= 11 is 0. The van der Waals surface area contributed by atoms with E-state index in [4.69, 9.17) is 0 Å². The van der Waals surface area contributed by atoms with Crippen LogP contribution in [0.15, 0.2) is 84.9 Å². The molecule has 0 heterocycles. The molecule has 6 aromatic carbocycles. The molecule has 0 saturated carbocycles. The number of phenols is 6. The van der Waals surface area contributed by atoms with Crippen LogP contribution in [0, 0.1) is 55.4 Å². The van der Waals surface area contributed by atoms with Crippen LogP contribution >= 0.6 is 0 Å². The maximum Gasteiger partial charge on any atom is 0.122 e. The molecule has 6 aromatic rings. The Morgan fingerprint density at radius 2 is 0.556 bits per heavy atom. The maximum absolute atomic E-state index is 10.9. The van der Waals surface area contributed by atoms with Gasteiger partial charge in [0.15, 0.2) is 0 Å². The van der Waals surface area contributed by atoms with E-state index in [1.54, 1.807) is 12.1 Å². The van der Waals surface area contributed by atoms with E-state index < -0.39 is 0 Å². The van der Waals surface area contributed by atoms with Crippen LogP contribution in [0.4, 0.5) is 0 Å². The molecule has 0 unspecified atom stereocenters. The minimum atomic E-state index is 0.283. The van der Waals surface area contributed by atoms with Crippen LogP contribution in [0.2, 0.25) is 0 Å². The molecule has 0 fully saturated rings. The van der Waals surface area contributed by atoms with E-state index in [9.17, 15) is 30.6 Å². The van der Waals surface area contributed by atoms with Crippen molar-refractivity contribution < 1.29 is 30.6 Å². The van der Waals surface area contributed by atoms with Crippen molar-refractivity contribution in [2.75, 3.05) is 0 Å². The van der Waals surface area contributed by atoms with Gasteiger partial charge in [-0.25, -0.2) is 0 Å². The Hall–Kier alpha value is -5.88. The van der Waals surface area contributed by atoms with E-state index in [1.165, 1.54) is 0 Å². The van der Waals surface area contributed by atoms with Crippen LogP contribution in [0.3, 0.4) is 0 Å². The average Bonchev–Trinajstić information content (AvgIpc) is 3.10. The first-order valence-corrected chi connectivity index (χ1v) is 18.3. The van der Waals surface area contributed by atoms with Crippen molar-refractivity contribution in [3.05, 3.63) is 174 Å². The van der Waals surface area contributed by atoms with Gasteiger partial charge < -0.3 is 30.6 Å². The first-order chi connectivity index (χ1) is 25.5. The molecule has 54 heavy (non-hydrogen) atoms. The molecule has 280 valence electrons. The van der Waals surface area contributed by atoms with Crippen LogP contribution < -0.4 is 0 Å². The summed E-state index contributed by atoms with van der Waals surface area (Å²) in [6.45, 7) is 15.4. The average molecular weight is 725 g/mol. The van der Waals surface area contributed by atoms with Crippen molar-refractivity contribution in [3.8, 4) is 34.5 Å². The van der Waals surface area contributed by atoms with E-state index in [0.717, 1.165) is 89.0 Å². The number of aryl methyl sites for hydroxylation is 8. The second-order valence-corrected chi connectivity index (χ2v) is 15.0. The van der Waals surface area contributed by atoms with Crippen LogP contribution in [0.5, 0.6) is 34.5 Å². The summed E-state index contributed by atoms with van der Waals surface area (Å²) < 4.78 is 0. The molecule has 6 N–H and O–H groups in total. The Morgan fingerprint density at radius 1 is 0.296 bits per heavy atom. The zero-order valence-corrected chi connectivity index (χ0v) is 32.6. The van der Waals surface area contributed by atoms with Crippen molar-refractivity contribution in [1.29, 1.82) is 0 Å². The molecule has 0 saturated heterocycles. The maximum atomic E-state index is 10.9. The monoisotopic (exact) mass is 724 g/mol. The van der Waals surface area contributed by atoms with E-state index in [0.29, 0.717) is 48.7 Å². The first kappa shape index (κ1) is 39.3. The highest BCUT2D eigenvalue weighted by atomic mass is 16.3. The number of benzene rings is 6. The molecule has 0 amide bonds. The molecule has 0 aliphatic rings. The quantitative estimate of drug-likeness (QED) is 0.0929. The van der Waals surface area contributed by atoms with Gasteiger partial charge >= 0.3 is 0 Å². The molecule has 0 spiro atoms. The van der Waals surface area contributed by atoms with E-state index in [-0.39, 0.29) is 11.5 Å². The molecule has 6 heteroatoms. The molecule has 6 nitrogen and oxygen atoms in total. The third-order valence-electron chi connectivity index (χ3n) is 10.0. The number of hydrogen-bond acceptors (Lipinski definition) is 6. The van der Waals surface area contributed by atoms with Gasteiger partial charge in [0.1, 0.15) is 34.5 Å². The first-order valence-electron chi connectivity index (χ1n) is 18.3. The summed E-state index contributed by atoms with van der Waals surface area (Å²) in [7, 11) is 0. The predicted molar refractivity (Wildman–Crippen MR) is 218 cm³/mol. The zero-order chi connectivity index (χ0) is 39.4. The smallest absolute Gasteiger partial charge is 0.122 e. The lowest BCUT2D eigenvalue weighted by Crippen LogP contribution is -1.98. The number of hydrogen-bond donors (Lipinski definition) is 6. The normalized spacial score (nSPS) is 11.0. The second kappa shape index (κ2) is 16.4. The lowest BCUT2D eigenvalue weighted by Gasteiger charge is -2.14. The van der Waals surface area contributed by atoms with Gasteiger partial charge in [0.25, 0.3) is 0 Å². The Kier molecular flexibility index (Phi) is 12.0. The van der Waals surface area contributed by atoms with Crippen molar-refractivity contribution in [2.24, 2.45) is 0 Å². The standard InChI is InChI=1S/C25H28O3.C23H24O3/c1-14-6-21(12-19-8-15(2)23(26)16(3)9-19)25(28)22(7-14)13-20-10-17(4)24(27)18(5)11-20;1-14-8-19(12-17-4-6-21(24)15(2)10-17)23(26)20(9-14)13-18-5-7-22(25)16(3)11-18/h6-11,26-28H,12-13H2,1-5H3;4-11,24-26H,12-13H2,1-3H3. The zero-order valence-electron chi connectivity index (χ0n) is 32.6. The van der Waals surface area contributed by atoms with Gasteiger partial charge in [0.05, 0.1) is 0 Å². The molecule has 0 aliphatic carbocycles. The van der Waals surface area contributed by atoms with Gasteiger partial charge in [-0.15, -0.1) is 0 Å². The van der Waals surface area contributed by atoms with E-state index in [1.807, 2.05) is 128 Å². The lowest BCUT2D eigenvalue weighted by molar-refractivity contribution is 0.462. The molecule has 0 bridgehead atoms. The molecular formula is C48H52O6. The van der Waals surface area contributed by atoms with E-state index in [2.05, 4.69) is 0 Å². The third kappa shape index (κ3) is 9.37. The summed E-state index contributed by atoms with van der Waals surface area (Å²) in [5.41, 5.74) is 15.0. The van der Waals surface area contributed by atoms with Crippen molar-refractivity contribution in [2.45, 2.75) is 81.1 Å². The van der Waals surface area contributed by atoms with Gasteiger partial charge in [-0.05, 0) is 145 Å². The molecule has 0 aromatic heterocycles. The van der Waals surface area contributed by atoms with Gasteiger partial charge in [-0.1, -0.05) is 83.9 Å². The fraction of sp³-hybridized carbons (Fsp3) is 0.250. The fourth-order valence-corrected chi connectivity index (χ4v) is 7.24. The molecule has 6 rings (SSSR count). The largest absolute Gasteiger partial charge is 0.508 e. The number of phenolic OH excluding ortho intramolecular Hbond substituents is 6. The highest BCUT2D eigenvalue weighted by Crippen LogP contribution is 2.33. The van der Waals surface area contributed by atoms with Crippen molar-refractivity contribution >= 4 is 0 Å². The Bertz CT molecular complexity index is 2130. The Balaban J connectivity index is 0.000000208. The fourth-order valence-electron chi connectivity index (χ4n) is 7.24. The third-order valence-corrected chi connectivity index (χ3v) is 10.0. The summed E-state index contributed by atoms with van der Waals surface area (Å²) in [6, 6.07) is 27.0. The number of rotatable bonds is 8. The van der Waals surface area contributed by atoms with Crippen molar-refractivity contribution in [3.63, 3.8) is 0 Å². The summed E-state index contributed by atoms with van der Waals surface area (Å²) in [5.74, 6) is 1.85. The van der Waals surface area contributed by atoms with Gasteiger partial charge in [-0.3, -0.25) is 0 Å². The minimum absolute atomic E-state index is 0.283. The lowest BCUT2D eigenvalue weighted by atomic mass is 9.93. The second-order valence-electron chi connectivity index (χ2n) is 15.0. The molecule has 0 aliphatic heterocycles. The van der Waals surface area contributed by atoms with Gasteiger partial charge in [-0.2, -0.15) is 0 Å². The van der Waals surface area contributed by atoms with Crippen LogP contribution in [-0.4, -0.2) is 30.6 Å². The van der Waals surface area contributed by atoms with Crippen LogP contribution in [-0.2, 0) is 25.7 Å². The SMILES string of the molecule is Cc1cc(Cc2cc(C)c(O)c(C)c2)c(O)c(Cc2cc(C)c(O)c(C)c2)c1.Cc1cc(Cc2ccc(O)c(C)c2)c(O)c(Cc2ccc(O)c(C)c2)c1. The summed E-state index contributed by atoms with van der Waals surface area (Å²) in [4.78, 5) is 0. The van der Waals surface area contributed by atoms with Gasteiger partial charge in [0.2, 0.25) is 0 Å². The molecular weight excluding hydrogens is 673 g/mol. The number of aromatic hydroxyl groups is 6. The summed E-state index contributed by atoms with van der Waals surface area (Å²) in [6.07, 6.45) is 2.43. The highest BCUT2D eigenvalue weighted by Gasteiger charge is 2.14. The minimum Gasteiger partial charge on any atom is -0.508 e. The summed E-state index contributed by atoms with van der Waals surface area (Å²) in [5, 5.41) is 61.1.